The zero-order valence-electron chi connectivity index (χ0n) is 21.1. The van der Waals surface area contributed by atoms with Gasteiger partial charge in [0.1, 0.15) is 17.0 Å². The van der Waals surface area contributed by atoms with Gasteiger partial charge < -0.3 is 15.3 Å². The summed E-state index contributed by atoms with van der Waals surface area (Å²) in [5, 5.41) is 18.5. The number of rotatable bonds is 4. The van der Waals surface area contributed by atoms with Gasteiger partial charge in [-0.3, -0.25) is 0 Å². The van der Waals surface area contributed by atoms with Crippen molar-refractivity contribution < 1.29 is 0 Å². The van der Waals surface area contributed by atoms with Gasteiger partial charge in [-0.05, 0) is 56.4 Å². The highest BCUT2D eigenvalue weighted by molar-refractivity contribution is 6.02. The summed E-state index contributed by atoms with van der Waals surface area (Å²) >= 11 is 0. The van der Waals surface area contributed by atoms with Crippen LogP contribution in [0, 0.1) is 34.5 Å². The minimum absolute atomic E-state index is 0.248. The maximum atomic E-state index is 9.02. The van der Waals surface area contributed by atoms with Gasteiger partial charge in [0.2, 0.25) is 5.95 Å². The number of aromatic nitrogens is 6. The molecule has 0 aliphatic heterocycles. The van der Waals surface area contributed by atoms with Crippen LogP contribution in [-0.4, -0.2) is 29.5 Å². The molecule has 3 N–H and O–H groups in total. The molecule has 2 aliphatic rings. The molecular weight excluding hydrogens is 462 g/mol. The fourth-order valence-corrected chi connectivity index (χ4v) is 5.86. The lowest BCUT2D eigenvalue weighted by atomic mass is 9.84. The van der Waals surface area contributed by atoms with Gasteiger partial charge in [-0.15, -0.1) is 0 Å². The number of nitriles is 2. The van der Waals surface area contributed by atoms with Crippen molar-refractivity contribution in [3.8, 4) is 23.5 Å². The van der Waals surface area contributed by atoms with Gasteiger partial charge in [-0.2, -0.15) is 10.5 Å². The third-order valence-electron chi connectivity index (χ3n) is 7.83. The van der Waals surface area contributed by atoms with Crippen molar-refractivity contribution in [1.82, 2.24) is 29.5 Å². The molecule has 0 unspecified atom stereocenters. The van der Waals surface area contributed by atoms with Crippen molar-refractivity contribution >= 4 is 28.0 Å². The van der Waals surface area contributed by atoms with Gasteiger partial charge >= 0.3 is 0 Å². The van der Waals surface area contributed by atoms with E-state index < -0.39 is 0 Å². The quantitative estimate of drug-likeness (QED) is 0.349. The Kier molecular flexibility index (Phi) is 7.60. The zero-order valence-corrected chi connectivity index (χ0v) is 21.1. The van der Waals surface area contributed by atoms with Crippen LogP contribution in [-0.2, 0) is 0 Å². The Morgan fingerprint density at radius 3 is 2.24 bits per heavy atom. The van der Waals surface area contributed by atoms with E-state index in [-0.39, 0.29) is 5.95 Å². The van der Waals surface area contributed by atoms with E-state index in [0.717, 1.165) is 71.5 Å². The van der Waals surface area contributed by atoms with E-state index >= 15 is 0 Å². The lowest BCUT2D eigenvalue weighted by Crippen LogP contribution is -2.19. The highest BCUT2D eigenvalue weighted by Crippen LogP contribution is 2.40. The zero-order chi connectivity index (χ0) is 25.6. The minimum atomic E-state index is 0.248. The van der Waals surface area contributed by atoms with Crippen molar-refractivity contribution in [3.63, 3.8) is 0 Å². The molecule has 0 radical (unpaired) electrons. The molecular formula is C28H33N9. The van der Waals surface area contributed by atoms with Crippen molar-refractivity contribution in [2.75, 3.05) is 5.73 Å². The summed E-state index contributed by atoms with van der Waals surface area (Å²) in [4.78, 5) is 20.9. The molecule has 37 heavy (non-hydrogen) atoms. The van der Waals surface area contributed by atoms with E-state index in [4.69, 9.17) is 21.2 Å². The number of hydrogen-bond acceptors (Lipinski definition) is 7. The lowest BCUT2D eigenvalue weighted by Gasteiger charge is -2.29. The number of nitrogens with two attached hydrogens (primary N) is 1. The van der Waals surface area contributed by atoms with Crippen LogP contribution >= 0.6 is 0 Å². The summed E-state index contributed by atoms with van der Waals surface area (Å²) in [6.45, 7) is 0. The third-order valence-corrected chi connectivity index (χ3v) is 7.83. The van der Waals surface area contributed by atoms with Gasteiger partial charge in [-0.25, -0.2) is 19.9 Å². The number of H-pyrrole nitrogens is 1. The van der Waals surface area contributed by atoms with Crippen LogP contribution in [0.2, 0.25) is 0 Å². The largest absolute Gasteiger partial charge is 0.368 e. The third kappa shape index (κ3) is 5.41. The summed E-state index contributed by atoms with van der Waals surface area (Å²) in [6.07, 6.45) is 19.4. The first-order valence-corrected chi connectivity index (χ1v) is 13.3. The second-order valence-electron chi connectivity index (χ2n) is 10.3. The van der Waals surface area contributed by atoms with E-state index in [1.54, 1.807) is 12.4 Å². The number of fused-ring (bicyclic) bond motifs is 3. The average Bonchev–Trinajstić information content (AvgIpc) is 3.56. The maximum Gasteiger partial charge on any atom is 0.219 e. The summed E-state index contributed by atoms with van der Waals surface area (Å²) in [5.41, 5.74) is 9.31. The fourth-order valence-electron chi connectivity index (χ4n) is 5.86. The highest BCUT2D eigenvalue weighted by Gasteiger charge is 2.27. The van der Waals surface area contributed by atoms with Crippen LogP contribution in [0.15, 0.2) is 30.9 Å². The second kappa shape index (κ2) is 11.4. The minimum Gasteiger partial charge on any atom is -0.368 e. The molecule has 190 valence electrons. The molecule has 0 saturated heterocycles. The molecule has 4 heterocycles. The van der Waals surface area contributed by atoms with E-state index in [2.05, 4.69) is 36.6 Å². The maximum absolute atomic E-state index is 9.02. The standard InChI is InChI=1S/C20H20N8.C8H13N/c21-7-5-12-1-3-14(4-2-12)28-17-15-6-8-23-18(15)24-11-16(17)27-19(28)13-9-25-20(22)26-10-13;9-7-6-8-4-2-1-3-5-8/h6,8-12,14H,1-5H2,(H,23,24)(H2,22,25,26);8H,1-6H2. The summed E-state index contributed by atoms with van der Waals surface area (Å²) in [6, 6.07) is 6.92. The van der Waals surface area contributed by atoms with E-state index in [1.165, 1.54) is 32.1 Å². The smallest absolute Gasteiger partial charge is 0.219 e. The Bertz CT molecular complexity index is 1410. The van der Waals surface area contributed by atoms with Crippen molar-refractivity contribution in [3.05, 3.63) is 30.9 Å². The molecule has 0 amide bonds. The van der Waals surface area contributed by atoms with Gasteiger partial charge in [0.05, 0.1) is 29.4 Å². The first-order chi connectivity index (χ1) is 18.2. The lowest BCUT2D eigenvalue weighted by molar-refractivity contribution is 0.283. The molecule has 2 fully saturated rings. The number of nitrogen functional groups attached to an aromatic ring is 1. The number of pyridine rings is 1. The predicted molar refractivity (Wildman–Crippen MR) is 143 cm³/mol. The molecule has 9 nitrogen and oxygen atoms in total. The number of imidazole rings is 1. The number of anilines is 1. The number of aromatic amines is 1. The number of nitrogens with one attached hydrogen (secondary N) is 1. The molecule has 0 bridgehead atoms. The van der Waals surface area contributed by atoms with Gasteiger partial charge in [0.25, 0.3) is 0 Å². The number of nitrogens with zero attached hydrogens (tertiary/aromatic N) is 7. The van der Waals surface area contributed by atoms with Crippen LogP contribution < -0.4 is 5.73 Å². The van der Waals surface area contributed by atoms with Crippen LogP contribution in [0.4, 0.5) is 5.95 Å². The van der Waals surface area contributed by atoms with Gasteiger partial charge in [0.15, 0.2) is 0 Å². The molecule has 4 aromatic heterocycles. The van der Waals surface area contributed by atoms with Crippen LogP contribution in [0.1, 0.15) is 76.7 Å². The Morgan fingerprint density at radius 2 is 1.57 bits per heavy atom. The molecule has 9 heteroatoms. The van der Waals surface area contributed by atoms with Gasteiger partial charge in [-0.1, -0.05) is 19.3 Å². The van der Waals surface area contributed by atoms with Crippen molar-refractivity contribution in [2.45, 2.75) is 76.7 Å². The van der Waals surface area contributed by atoms with Crippen LogP contribution in [0.3, 0.4) is 0 Å². The Morgan fingerprint density at radius 1 is 0.892 bits per heavy atom. The van der Waals surface area contributed by atoms with Crippen LogP contribution in [0.5, 0.6) is 0 Å². The Hall–Kier alpha value is -3.98. The second-order valence-corrected chi connectivity index (χ2v) is 10.3. The van der Waals surface area contributed by atoms with E-state index in [1.807, 2.05) is 18.5 Å². The number of hydrogen-bond donors (Lipinski definition) is 2. The SMILES string of the molecule is N#CCC1CCC(n2c(-c3cnc(N)nc3)nc3cnc4[nH]ccc4c32)CC1.N#CCC1CCCCC1. The fraction of sp³-hybridized carbons (Fsp3) is 0.500. The first-order valence-electron chi connectivity index (χ1n) is 13.3. The molecule has 0 atom stereocenters. The van der Waals surface area contributed by atoms with Crippen molar-refractivity contribution in [1.29, 1.82) is 10.5 Å². The Labute approximate surface area is 216 Å². The molecule has 0 spiro atoms. The average molecular weight is 496 g/mol. The molecule has 6 rings (SSSR count). The van der Waals surface area contributed by atoms with E-state index in [9.17, 15) is 0 Å². The molecule has 2 saturated carbocycles. The first kappa shape index (κ1) is 24.7. The topological polar surface area (TPSA) is 146 Å². The van der Waals surface area contributed by atoms with E-state index in [0.29, 0.717) is 18.4 Å². The molecule has 2 aliphatic carbocycles. The van der Waals surface area contributed by atoms with Crippen molar-refractivity contribution in [2.24, 2.45) is 11.8 Å². The highest BCUT2D eigenvalue weighted by atomic mass is 15.1. The summed E-state index contributed by atoms with van der Waals surface area (Å²) in [5.74, 6) is 2.32. The monoisotopic (exact) mass is 495 g/mol. The Balaban J connectivity index is 0.000000265. The summed E-state index contributed by atoms with van der Waals surface area (Å²) in [7, 11) is 0. The predicted octanol–water partition coefficient (Wildman–Crippen LogP) is 6.08. The molecule has 4 aromatic rings. The van der Waals surface area contributed by atoms with Gasteiger partial charge in [0, 0.05) is 42.9 Å². The van der Waals surface area contributed by atoms with Crippen LogP contribution in [0.25, 0.3) is 33.5 Å². The summed E-state index contributed by atoms with van der Waals surface area (Å²) < 4.78 is 2.32. The normalized spacial score (nSPS) is 20.2. The molecule has 0 aromatic carbocycles.